The van der Waals surface area contributed by atoms with Gasteiger partial charge in [-0.3, -0.25) is 4.98 Å². The maximum absolute atomic E-state index is 4.46. The van der Waals surface area contributed by atoms with Gasteiger partial charge in [0.1, 0.15) is 0 Å². The number of halogens is 1. The summed E-state index contributed by atoms with van der Waals surface area (Å²) in [5.74, 6) is 0.659. The SMILES string of the molecule is IC1CC2NC1CC2c1ccccn1. The first kappa shape index (κ1) is 9.09. The van der Waals surface area contributed by atoms with Gasteiger partial charge >= 0.3 is 0 Å². The summed E-state index contributed by atoms with van der Waals surface area (Å²) in [5.41, 5.74) is 1.27. The Kier molecular flexibility index (Phi) is 2.24. The molecule has 0 amide bonds. The second-order valence-corrected chi connectivity index (χ2v) is 5.83. The molecule has 3 rings (SSSR count). The van der Waals surface area contributed by atoms with Crippen LogP contribution in [0.5, 0.6) is 0 Å². The van der Waals surface area contributed by atoms with Crippen LogP contribution in [0.3, 0.4) is 0 Å². The van der Waals surface area contributed by atoms with Gasteiger partial charge in [0.05, 0.1) is 0 Å². The molecule has 4 unspecified atom stereocenters. The predicted molar refractivity (Wildman–Crippen MR) is 64.7 cm³/mol. The lowest BCUT2D eigenvalue weighted by Crippen LogP contribution is -2.22. The van der Waals surface area contributed by atoms with E-state index < -0.39 is 0 Å². The highest BCUT2D eigenvalue weighted by atomic mass is 127. The number of aromatic nitrogens is 1. The van der Waals surface area contributed by atoms with Gasteiger partial charge in [-0.05, 0) is 25.0 Å². The molecule has 3 heterocycles. The van der Waals surface area contributed by atoms with E-state index in [-0.39, 0.29) is 0 Å². The van der Waals surface area contributed by atoms with Crippen LogP contribution in [0.15, 0.2) is 24.4 Å². The Labute approximate surface area is 97.6 Å². The Hall–Kier alpha value is -0.160. The summed E-state index contributed by atoms with van der Waals surface area (Å²) in [6.07, 6.45) is 4.49. The molecule has 0 aromatic carbocycles. The fourth-order valence-corrected chi connectivity index (χ4v) is 3.76. The van der Waals surface area contributed by atoms with Crippen molar-refractivity contribution in [3.05, 3.63) is 30.1 Å². The van der Waals surface area contributed by atoms with Crippen LogP contribution < -0.4 is 5.32 Å². The zero-order chi connectivity index (χ0) is 9.54. The van der Waals surface area contributed by atoms with Crippen molar-refractivity contribution in [3.8, 4) is 0 Å². The van der Waals surface area contributed by atoms with Crippen molar-refractivity contribution in [1.82, 2.24) is 10.3 Å². The smallest absolute Gasteiger partial charge is 0.0450 e. The minimum Gasteiger partial charge on any atom is -0.309 e. The monoisotopic (exact) mass is 300 g/mol. The quantitative estimate of drug-likeness (QED) is 0.635. The first-order valence-electron chi connectivity index (χ1n) is 5.15. The second-order valence-electron chi connectivity index (χ2n) is 4.23. The molecule has 14 heavy (non-hydrogen) atoms. The molecule has 0 aliphatic carbocycles. The first-order valence-corrected chi connectivity index (χ1v) is 6.40. The third-order valence-electron chi connectivity index (χ3n) is 3.41. The molecule has 1 aromatic rings. The minimum atomic E-state index is 0.659. The van der Waals surface area contributed by atoms with Gasteiger partial charge in [0.25, 0.3) is 0 Å². The highest BCUT2D eigenvalue weighted by Gasteiger charge is 2.45. The van der Waals surface area contributed by atoms with E-state index in [1.54, 1.807) is 0 Å². The molecule has 2 bridgehead atoms. The van der Waals surface area contributed by atoms with Gasteiger partial charge < -0.3 is 5.32 Å². The van der Waals surface area contributed by atoms with Crippen LogP contribution in [0.1, 0.15) is 24.5 Å². The number of nitrogens with zero attached hydrogens (tertiary/aromatic N) is 1. The lowest BCUT2D eigenvalue weighted by molar-refractivity contribution is 0.512. The number of hydrogen-bond donors (Lipinski definition) is 1. The standard InChI is InChI=1S/C11H13IN2/c12-8-6-10-7(5-11(8)14-10)9-3-1-2-4-13-9/h1-4,7-8,10-11,14H,5-6H2. The topological polar surface area (TPSA) is 24.9 Å². The molecule has 0 spiro atoms. The van der Waals surface area contributed by atoms with Crippen LogP contribution in [-0.2, 0) is 0 Å². The number of rotatable bonds is 1. The number of hydrogen-bond acceptors (Lipinski definition) is 2. The molecule has 2 fully saturated rings. The highest BCUT2D eigenvalue weighted by molar-refractivity contribution is 14.1. The van der Waals surface area contributed by atoms with Crippen molar-refractivity contribution < 1.29 is 0 Å². The van der Waals surface area contributed by atoms with E-state index in [1.807, 2.05) is 12.3 Å². The molecule has 2 nitrogen and oxygen atoms in total. The van der Waals surface area contributed by atoms with Crippen LogP contribution >= 0.6 is 22.6 Å². The Morgan fingerprint density at radius 2 is 2.21 bits per heavy atom. The van der Waals surface area contributed by atoms with Crippen molar-refractivity contribution >= 4 is 22.6 Å². The van der Waals surface area contributed by atoms with Crippen LogP contribution in [-0.4, -0.2) is 21.0 Å². The summed E-state index contributed by atoms with van der Waals surface area (Å²) in [6, 6.07) is 7.65. The number of alkyl halides is 1. The summed E-state index contributed by atoms with van der Waals surface area (Å²) < 4.78 is 0.831. The predicted octanol–water partition coefficient (Wildman–Crippen LogP) is 2.10. The number of pyridine rings is 1. The fourth-order valence-electron chi connectivity index (χ4n) is 2.71. The molecular formula is C11H13IN2. The molecule has 0 saturated carbocycles. The summed E-state index contributed by atoms with van der Waals surface area (Å²) >= 11 is 2.57. The lowest BCUT2D eigenvalue weighted by atomic mass is 9.86. The van der Waals surface area contributed by atoms with Gasteiger partial charge in [-0.2, -0.15) is 0 Å². The summed E-state index contributed by atoms with van der Waals surface area (Å²) in [5, 5.41) is 3.68. The highest BCUT2D eigenvalue weighted by Crippen LogP contribution is 2.42. The molecule has 1 N–H and O–H groups in total. The summed E-state index contributed by atoms with van der Waals surface area (Å²) in [6.45, 7) is 0. The number of fused-ring (bicyclic) bond motifs is 2. The van der Waals surface area contributed by atoms with Gasteiger partial charge in [-0.25, -0.2) is 0 Å². The molecule has 2 aliphatic heterocycles. The Bertz CT molecular complexity index is 325. The Balaban J connectivity index is 1.84. The lowest BCUT2D eigenvalue weighted by Gasteiger charge is -2.22. The molecule has 4 atom stereocenters. The van der Waals surface area contributed by atoms with Crippen LogP contribution in [0.25, 0.3) is 0 Å². The van der Waals surface area contributed by atoms with Crippen molar-refractivity contribution in [2.24, 2.45) is 0 Å². The molecule has 2 aliphatic rings. The Morgan fingerprint density at radius 1 is 1.29 bits per heavy atom. The van der Waals surface area contributed by atoms with Crippen molar-refractivity contribution in [1.29, 1.82) is 0 Å². The van der Waals surface area contributed by atoms with Crippen molar-refractivity contribution in [3.63, 3.8) is 0 Å². The third-order valence-corrected chi connectivity index (χ3v) is 4.78. The molecule has 0 radical (unpaired) electrons. The molecule has 74 valence electrons. The van der Waals surface area contributed by atoms with E-state index in [0.29, 0.717) is 12.0 Å². The molecule has 2 saturated heterocycles. The Morgan fingerprint density at radius 3 is 2.79 bits per heavy atom. The maximum Gasteiger partial charge on any atom is 0.0450 e. The van der Waals surface area contributed by atoms with Crippen LogP contribution in [0, 0.1) is 0 Å². The largest absolute Gasteiger partial charge is 0.309 e. The van der Waals surface area contributed by atoms with Gasteiger partial charge in [0.2, 0.25) is 0 Å². The van der Waals surface area contributed by atoms with E-state index in [4.69, 9.17) is 0 Å². The third kappa shape index (κ3) is 1.37. The van der Waals surface area contributed by atoms with E-state index >= 15 is 0 Å². The van der Waals surface area contributed by atoms with Crippen LogP contribution in [0.4, 0.5) is 0 Å². The maximum atomic E-state index is 4.46. The van der Waals surface area contributed by atoms with Gasteiger partial charge in [0.15, 0.2) is 0 Å². The summed E-state index contributed by atoms with van der Waals surface area (Å²) in [7, 11) is 0. The van der Waals surface area contributed by atoms with Gasteiger partial charge in [0, 0.05) is 33.8 Å². The van der Waals surface area contributed by atoms with E-state index in [0.717, 1.165) is 9.97 Å². The number of nitrogens with one attached hydrogen (secondary N) is 1. The summed E-state index contributed by atoms with van der Waals surface area (Å²) in [4.78, 5) is 4.46. The molecule has 1 aromatic heterocycles. The van der Waals surface area contributed by atoms with Gasteiger partial charge in [-0.15, -0.1) is 0 Å². The van der Waals surface area contributed by atoms with E-state index in [9.17, 15) is 0 Å². The zero-order valence-electron chi connectivity index (χ0n) is 7.86. The van der Waals surface area contributed by atoms with E-state index in [1.165, 1.54) is 18.5 Å². The normalized spacial score (nSPS) is 40.4. The molecule has 3 heteroatoms. The van der Waals surface area contributed by atoms with Crippen molar-refractivity contribution in [2.75, 3.05) is 0 Å². The van der Waals surface area contributed by atoms with Crippen molar-refractivity contribution in [2.45, 2.75) is 34.8 Å². The first-order chi connectivity index (χ1) is 6.84. The second kappa shape index (κ2) is 3.45. The molecular weight excluding hydrogens is 287 g/mol. The zero-order valence-corrected chi connectivity index (χ0v) is 10.0. The van der Waals surface area contributed by atoms with Crippen LogP contribution in [0.2, 0.25) is 0 Å². The fraction of sp³-hybridized carbons (Fsp3) is 0.545. The van der Waals surface area contributed by atoms with Gasteiger partial charge in [-0.1, -0.05) is 28.7 Å². The minimum absolute atomic E-state index is 0.659. The average molecular weight is 300 g/mol. The van der Waals surface area contributed by atoms with E-state index in [2.05, 4.69) is 45.0 Å². The average Bonchev–Trinajstić information content (AvgIpc) is 2.77.